The van der Waals surface area contributed by atoms with Gasteiger partial charge in [-0.05, 0) is 25.3 Å². The maximum Gasteiger partial charge on any atom is 0.208 e. The molecule has 0 aliphatic heterocycles. The third-order valence-electron chi connectivity index (χ3n) is 3.19. The number of Topliss-reactive ketones (excluding diaryl/α,β-unsaturated/α-hetero) is 1. The van der Waals surface area contributed by atoms with Crippen LogP contribution in [0.25, 0.3) is 0 Å². The normalized spacial score (nSPS) is 13.2. The van der Waals surface area contributed by atoms with Crippen LogP contribution < -0.4 is 0 Å². The zero-order valence-corrected chi connectivity index (χ0v) is 12.7. The quantitative estimate of drug-likeness (QED) is 0.464. The Labute approximate surface area is 121 Å². The molecule has 0 radical (unpaired) electrons. The van der Waals surface area contributed by atoms with Crippen LogP contribution in [-0.4, -0.2) is 12.4 Å². The number of benzene rings is 1. The first-order chi connectivity index (χ1) is 9.39. The molecule has 2 heteroatoms. The largest absolute Gasteiger partial charge is 0.354 e. The number of carbonyl (C=O) groups excluding carboxylic acids is 1. The van der Waals surface area contributed by atoms with Gasteiger partial charge in [0.25, 0.3) is 0 Å². The molecular weight excluding hydrogens is 248 g/mol. The van der Waals surface area contributed by atoms with Gasteiger partial charge in [-0.25, -0.2) is 0 Å². The summed E-state index contributed by atoms with van der Waals surface area (Å²) in [6.45, 7) is 11.7. The highest BCUT2D eigenvalue weighted by Crippen LogP contribution is 2.26. The van der Waals surface area contributed by atoms with Crippen molar-refractivity contribution in [3.63, 3.8) is 0 Å². The van der Waals surface area contributed by atoms with Crippen LogP contribution in [0.3, 0.4) is 0 Å². The van der Waals surface area contributed by atoms with Gasteiger partial charge in [-0.3, -0.25) is 4.79 Å². The highest BCUT2D eigenvalue weighted by molar-refractivity contribution is 5.96. The number of ether oxygens (including phenoxy) is 1. The van der Waals surface area contributed by atoms with Gasteiger partial charge in [0.1, 0.15) is 12.2 Å². The fourth-order valence-corrected chi connectivity index (χ4v) is 1.60. The second kappa shape index (κ2) is 7.07. The lowest BCUT2D eigenvalue weighted by Crippen LogP contribution is -2.23. The first-order valence-electron chi connectivity index (χ1n) is 6.76. The Balaban J connectivity index is 2.74. The van der Waals surface area contributed by atoms with Crippen molar-refractivity contribution in [2.45, 2.75) is 33.3 Å². The molecule has 1 atom stereocenters. The molecule has 1 rings (SSSR count). The van der Waals surface area contributed by atoms with Crippen molar-refractivity contribution in [2.75, 3.05) is 6.61 Å². The Kier molecular flexibility index (Phi) is 5.73. The lowest BCUT2D eigenvalue weighted by atomic mass is 9.95. The van der Waals surface area contributed by atoms with Crippen molar-refractivity contribution >= 4 is 5.78 Å². The molecule has 0 bridgehead atoms. The maximum absolute atomic E-state index is 11.4. The van der Waals surface area contributed by atoms with Crippen molar-refractivity contribution in [2.24, 2.45) is 5.92 Å². The van der Waals surface area contributed by atoms with Gasteiger partial charge in [-0.2, -0.15) is 0 Å². The summed E-state index contributed by atoms with van der Waals surface area (Å²) in [4.78, 5) is 11.4. The summed E-state index contributed by atoms with van der Waals surface area (Å²) in [6.07, 6.45) is 1.75. The molecule has 0 fully saturated rings. The van der Waals surface area contributed by atoms with Crippen LogP contribution >= 0.6 is 0 Å². The molecule has 0 aliphatic carbocycles. The summed E-state index contributed by atoms with van der Waals surface area (Å²) < 4.78 is 5.79. The molecule has 106 valence electrons. The van der Waals surface area contributed by atoms with E-state index < -0.39 is 5.60 Å². The zero-order chi connectivity index (χ0) is 15.2. The molecule has 0 amide bonds. The van der Waals surface area contributed by atoms with Crippen molar-refractivity contribution in [1.82, 2.24) is 0 Å². The zero-order valence-electron chi connectivity index (χ0n) is 12.7. The SMILES string of the molecule is C=CC(C)(OCC#CC(=O)C(C)C)c1ccc(C)cc1. The van der Waals surface area contributed by atoms with Crippen molar-refractivity contribution < 1.29 is 9.53 Å². The topological polar surface area (TPSA) is 26.3 Å². The molecule has 0 N–H and O–H groups in total. The molecule has 0 saturated heterocycles. The second-order valence-electron chi connectivity index (χ2n) is 5.29. The third-order valence-corrected chi connectivity index (χ3v) is 3.19. The van der Waals surface area contributed by atoms with E-state index in [1.54, 1.807) is 6.08 Å². The Bertz CT molecular complexity index is 529. The molecule has 20 heavy (non-hydrogen) atoms. The van der Waals surface area contributed by atoms with Crippen LogP contribution in [0.2, 0.25) is 0 Å². The van der Waals surface area contributed by atoms with Crippen molar-refractivity contribution in [1.29, 1.82) is 0 Å². The van der Waals surface area contributed by atoms with Crippen LogP contribution in [0, 0.1) is 24.7 Å². The van der Waals surface area contributed by atoms with Gasteiger partial charge in [-0.15, -0.1) is 0 Å². The Hall–Kier alpha value is -1.85. The first kappa shape index (κ1) is 16.2. The van der Waals surface area contributed by atoms with Crippen LogP contribution in [0.1, 0.15) is 31.9 Å². The van der Waals surface area contributed by atoms with E-state index in [2.05, 4.69) is 18.4 Å². The molecule has 2 nitrogen and oxygen atoms in total. The molecule has 0 aliphatic rings. The number of hydrogen-bond donors (Lipinski definition) is 0. The predicted octanol–water partition coefficient (Wildman–Crippen LogP) is 3.64. The second-order valence-corrected chi connectivity index (χ2v) is 5.29. The third kappa shape index (κ3) is 4.36. The summed E-state index contributed by atoms with van der Waals surface area (Å²) >= 11 is 0. The van der Waals surface area contributed by atoms with E-state index in [0.29, 0.717) is 0 Å². The fraction of sp³-hybridized carbons (Fsp3) is 0.389. The minimum Gasteiger partial charge on any atom is -0.354 e. The molecule has 1 aromatic rings. The average Bonchev–Trinajstić information content (AvgIpc) is 2.43. The van der Waals surface area contributed by atoms with Crippen LogP contribution in [-0.2, 0) is 15.1 Å². The van der Waals surface area contributed by atoms with E-state index in [1.165, 1.54) is 5.56 Å². The molecule has 0 saturated carbocycles. The van der Waals surface area contributed by atoms with Gasteiger partial charge in [-0.1, -0.05) is 62.3 Å². The van der Waals surface area contributed by atoms with E-state index in [1.807, 2.05) is 52.0 Å². The van der Waals surface area contributed by atoms with Gasteiger partial charge < -0.3 is 4.74 Å². The van der Waals surface area contributed by atoms with Crippen molar-refractivity contribution in [3.05, 3.63) is 48.0 Å². The highest BCUT2D eigenvalue weighted by atomic mass is 16.5. The van der Waals surface area contributed by atoms with E-state index in [0.717, 1.165) is 5.56 Å². The monoisotopic (exact) mass is 270 g/mol. The number of ketones is 1. The van der Waals surface area contributed by atoms with Gasteiger partial charge in [0.15, 0.2) is 0 Å². The molecular formula is C18H22O2. The minimum atomic E-state index is -0.594. The number of carbonyl (C=O) groups is 1. The molecule has 1 aromatic carbocycles. The number of aryl methyl sites for hydroxylation is 1. The van der Waals surface area contributed by atoms with Gasteiger partial charge in [0, 0.05) is 5.92 Å². The minimum absolute atomic E-state index is 0.0645. The van der Waals surface area contributed by atoms with Gasteiger partial charge >= 0.3 is 0 Å². The standard InChI is InChI=1S/C18H22O2/c1-6-18(5,16-11-9-15(4)10-12-16)20-13-7-8-17(19)14(2)3/h6,9-12,14H,1,13H2,2-5H3. The molecule has 1 unspecified atom stereocenters. The van der Waals surface area contributed by atoms with Crippen LogP contribution in [0.15, 0.2) is 36.9 Å². The summed E-state index contributed by atoms with van der Waals surface area (Å²) in [5.41, 5.74) is 1.63. The molecule has 0 aromatic heterocycles. The average molecular weight is 270 g/mol. The maximum atomic E-state index is 11.4. The summed E-state index contributed by atoms with van der Waals surface area (Å²) in [6, 6.07) is 8.11. The molecule has 0 spiro atoms. The predicted molar refractivity (Wildman–Crippen MR) is 82.3 cm³/mol. The fourth-order valence-electron chi connectivity index (χ4n) is 1.60. The van der Waals surface area contributed by atoms with E-state index in [4.69, 9.17) is 4.74 Å². The van der Waals surface area contributed by atoms with Gasteiger partial charge in [0.2, 0.25) is 5.78 Å². The summed E-state index contributed by atoms with van der Waals surface area (Å²) in [5.74, 6) is 5.23. The van der Waals surface area contributed by atoms with E-state index in [9.17, 15) is 4.79 Å². The Morgan fingerprint density at radius 2 is 2.00 bits per heavy atom. The number of hydrogen-bond acceptors (Lipinski definition) is 2. The van der Waals surface area contributed by atoms with Crippen LogP contribution in [0.5, 0.6) is 0 Å². The Morgan fingerprint density at radius 1 is 1.40 bits per heavy atom. The van der Waals surface area contributed by atoms with E-state index in [-0.39, 0.29) is 18.3 Å². The Morgan fingerprint density at radius 3 is 2.50 bits per heavy atom. The summed E-state index contributed by atoms with van der Waals surface area (Å²) in [7, 11) is 0. The highest BCUT2D eigenvalue weighted by Gasteiger charge is 2.22. The molecule has 0 heterocycles. The van der Waals surface area contributed by atoms with Crippen molar-refractivity contribution in [3.8, 4) is 11.8 Å². The first-order valence-corrected chi connectivity index (χ1v) is 6.76. The smallest absolute Gasteiger partial charge is 0.208 e. The number of rotatable bonds is 5. The van der Waals surface area contributed by atoms with Crippen LogP contribution in [0.4, 0.5) is 0 Å². The van der Waals surface area contributed by atoms with E-state index >= 15 is 0 Å². The van der Waals surface area contributed by atoms with Gasteiger partial charge in [0.05, 0.1) is 0 Å². The lowest BCUT2D eigenvalue weighted by Gasteiger charge is -2.26. The summed E-state index contributed by atoms with van der Waals surface area (Å²) in [5, 5.41) is 0. The lowest BCUT2D eigenvalue weighted by molar-refractivity contribution is -0.116.